The molecule has 0 aliphatic heterocycles. The molecule has 0 amide bonds. The number of hydrogen-bond donors (Lipinski definition) is 0. The van der Waals surface area contributed by atoms with Gasteiger partial charge in [0.15, 0.2) is 5.78 Å². The first-order chi connectivity index (χ1) is 8.10. The molecule has 1 unspecified atom stereocenters. The number of carbonyl (C=O) groups excluding carboxylic acids is 1. The van der Waals surface area contributed by atoms with Gasteiger partial charge in [0.1, 0.15) is 6.10 Å². The predicted octanol–water partition coefficient (Wildman–Crippen LogP) is 3.49. The molecule has 0 radical (unpaired) electrons. The number of benzene rings is 1. The van der Waals surface area contributed by atoms with Gasteiger partial charge in [0.2, 0.25) is 0 Å². The largest absolute Gasteiger partial charge is 0.370 e. The fourth-order valence-corrected chi connectivity index (χ4v) is 1.82. The van der Waals surface area contributed by atoms with Gasteiger partial charge in [-0.05, 0) is 24.8 Å². The molecule has 17 heavy (non-hydrogen) atoms. The lowest BCUT2D eigenvalue weighted by Crippen LogP contribution is -2.29. The maximum absolute atomic E-state index is 12.3. The Morgan fingerprint density at radius 2 is 1.76 bits per heavy atom. The smallest absolute Gasteiger partial charge is 0.191 e. The first-order valence-corrected chi connectivity index (χ1v) is 6.34. The van der Waals surface area contributed by atoms with E-state index in [4.69, 9.17) is 4.74 Å². The lowest BCUT2D eigenvalue weighted by molar-refractivity contribution is 0.0279. The molecule has 0 aliphatic carbocycles. The molecule has 2 heteroatoms. The van der Waals surface area contributed by atoms with E-state index in [1.54, 1.807) is 0 Å². The molecule has 0 N–H and O–H groups in total. The number of hydrogen-bond acceptors (Lipinski definition) is 2. The zero-order valence-electron chi connectivity index (χ0n) is 11.2. The van der Waals surface area contributed by atoms with Crippen LogP contribution in [0.25, 0.3) is 0 Å². The summed E-state index contributed by atoms with van der Waals surface area (Å²) in [5.74, 6) is 0.290. The first-order valence-electron chi connectivity index (χ1n) is 6.34. The van der Waals surface area contributed by atoms with Gasteiger partial charge in [0, 0.05) is 12.2 Å². The summed E-state index contributed by atoms with van der Waals surface area (Å²) in [6.07, 6.45) is 0.667. The van der Waals surface area contributed by atoms with E-state index in [9.17, 15) is 4.79 Å². The molecule has 1 aromatic carbocycles. The van der Waals surface area contributed by atoms with Gasteiger partial charge in [-0.25, -0.2) is 0 Å². The van der Waals surface area contributed by atoms with E-state index < -0.39 is 0 Å². The average Bonchev–Trinajstić information content (AvgIpc) is 2.35. The summed E-state index contributed by atoms with van der Waals surface area (Å²) < 4.78 is 5.53. The Labute approximate surface area is 104 Å². The fourth-order valence-electron chi connectivity index (χ4n) is 1.82. The molecule has 0 aromatic heterocycles. The Hall–Kier alpha value is -1.15. The van der Waals surface area contributed by atoms with Crippen LogP contribution in [0.1, 0.15) is 43.6 Å². The molecule has 0 spiro atoms. The second-order valence-electron chi connectivity index (χ2n) is 4.53. The van der Waals surface area contributed by atoms with Gasteiger partial charge in [-0.1, -0.05) is 45.0 Å². The minimum absolute atomic E-state index is 0.0875. The van der Waals surface area contributed by atoms with E-state index in [1.807, 2.05) is 45.0 Å². The lowest BCUT2D eigenvalue weighted by atomic mass is 9.96. The molecule has 0 saturated carbocycles. The minimum atomic E-state index is -0.326. The summed E-state index contributed by atoms with van der Waals surface area (Å²) in [5, 5.41) is 0. The van der Waals surface area contributed by atoms with Crippen LogP contribution in [0.15, 0.2) is 24.3 Å². The zero-order valence-corrected chi connectivity index (χ0v) is 11.2. The Bertz CT molecular complexity index is 352. The third-order valence-corrected chi connectivity index (χ3v) is 2.86. The van der Waals surface area contributed by atoms with Crippen LogP contribution in [-0.4, -0.2) is 18.5 Å². The van der Waals surface area contributed by atoms with Crippen LogP contribution in [0, 0.1) is 5.92 Å². The monoisotopic (exact) mass is 234 g/mol. The van der Waals surface area contributed by atoms with E-state index >= 15 is 0 Å². The first kappa shape index (κ1) is 13.9. The quantitative estimate of drug-likeness (QED) is 0.704. The van der Waals surface area contributed by atoms with Crippen molar-refractivity contribution in [1.82, 2.24) is 0 Å². The van der Waals surface area contributed by atoms with Crippen molar-refractivity contribution in [3.05, 3.63) is 35.4 Å². The number of ketones is 1. The van der Waals surface area contributed by atoms with Crippen LogP contribution in [0.5, 0.6) is 0 Å². The van der Waals surface area contributed by atoms with Gasteiger partial charge in [0.05, 0.1) is 0 Å². The minimum Gasteiger partial charge on any atom is -0.370 e. The van der Waals surface area contributed by atoms with Crippen molar-refractivity contribution in [3.63, 3.8) is 0 Å². The number of carbonyl (C=O) groups is 1. The van der Waals surface area contributed by atoms with Gasteiger partial charge in [-0.15, -0.1) is 0 Å². The number of Topliss-reactive ketones (excluding diaryl/α,β-unsaturated/α-hetero) is 1. The van der Waals surface area contributed by atoms with E-state index in [-0.39, 0.29) is 17.8 Å². The van der Waals surface area contributed by atoms with Crippen LogP contribution in [0.4, 0.5) is 0 Å². The summed E-state index contributed by atoms with van der Waals surface area (Å²) in [7, 11) is 0. The molecule has 1 atom stereocenters. The summed E-state index contributed by atoms with van der Waals surface area (Å²) in [6, 6.07) is 7.82. The summed E-state index contributed by atoms with van der Waals surface area (Å²) >= 11 is 0. The molecule has 1 rings (SSSR count). The average molecular weight is 234 g/mol. The Morgan fingerprint density at radius 3 is 2.18 bits per heavy atom. The standard InChI is InChI=1S/C15H22O2/c1-5-12-7-9-13(10-8-12)14(16)15(11(3)4)17-6-2/h7-11,15H,5-6H2,1-4H3. The summed E-state index contributed by atoms with van der Waals surface area (Å²) in [6.45, 7) is 8.62. The Balaban J connectivity index is 2.85. The SMILES string of the molecule is CCOC(C(=O)c1ccc(CC)cc1)C(C)C. The highest BCUT2D eigenvalue weighted by Crippen LogP contribution is 2.15. The zero-order chi connectivity index (χ0) is 12.8. The van der Waals surface area contributed by atoms with Gasteiger partial charge in [-0.2, -0.15) is 0 Å². The number of rotatable bonds is 6. The normalized spacial score (nSPS) is 12.8. The van der Waals surface area contributed by atoms with Gasteiger partial charge >= 0.3 is 0 Å². The Kier molecular flexibility index (Phi) is 5.36. The molecule has 0 aliphatic rings. The molecule has 1 aromatic rings. The van der Waals surface area contributed by atoms with Crippen LogP contribution >= 0.6 is 0 Å². The van der Waals surface area contributed by atoms with Crippen molar-refractivity contribution < 1.29 is 9.53 Å². The molecular weight excluding hydrogens is 212 g/mol. The van der Waals surface area contributed by atoms with Crippen LogP contribution in [0.2, 0.25) is 0 Å². The van der Waals surface area contributed by atoms with Crippen LogP contribution in [-0.2, 0) is 11.2 Å². The molecule has 2 nitrogen and oxygen atoms in total. The molecular formula is C15H22O2. The van der Waals surface area contributed by atoms with Crippen molar-refractivity contribution in [3.8, 4) is 0 Å². The van der Waals surface area contributed by atoms with Gasteiger partial charge in [-0.3, -0.25) is 4.79 Å². The van der Waals surface area contributed by atoms with E-state index in [0.29, 0.717) is 6.61 Å². The van der Waals surface area contributed by atoms with Crippen molar-refractivity contribution >= 4 is 5.78 Å². The third kappa shape index (κ3) is 3.67. The van der Waals surface area contributed by atoms with E-state index in [2.05, 4.69) is 6.92 Å². The van der Waals surface area contributed by atoms with Gasteiger partial charge < -0.3 is 4.74 Å². The van der Waals surface area contributed by atoms with Crippen LogP contribution < -0.4 is 0 Å². The van der Waals surface area contributed by atoms with Crippen molar-refractivity contribution in [1.29, 1.82) is 0 Å². The fraction of sp³-hybridized carbons (Fsp3) is 0.533. The highest BCUT2D eigenvalue weighted by Gasteiger charge is 2.23. The third-order valence-electron chi connectivity index (χ3n) is 2.86. The van der Waals surface area contributed by atoms with Crippen molar-refractivity contribution in [2.24, 2.45) is 5.92 Å². The Morgan fingerprint density at radius 1 is 1.18 bits per heavy atom. The molecule has 0 fully saturated rings. The topological polar surface area (TPSA) is 26.3 Å². The summed E-state index contributed by atoms with van der Waals surface area (Å²) in [5.41, 5.74) is 1.99. The van der Waals surface area contributed by atoms with Crippen molar-refractivity contribution in [2.75, 3.05) is 6.61 Å². The molecule has 0 heterocycles. The second kappa shape index (κ2) is 6.55. The maximum Gasteiger partial charge on any atom is 0.191 e. The van der Waals surface area contributed by atoms with E-state index in [1.165, 1.54) is 5.56 Å². The molecule has 0 saturated heterocycles. The number of ether oxygens (including phenoxy) is 1. The highest BCUT2D eigenvalue weighted by atomic mass is 16.5. The van der Waals surface area contributed by atoms with E-state index in [0.717, 1.165) is 12.0 Å². The lowest BCUT2D eigenvalue weighted by Gasteiger charge is -2.19. The van der Waals surface area contributed by atoms with Crippen LogP contribution in [0.3, 0.4) is 0 Å². The molecule has 0 bridgehead atoms. The van der Waals surface area contributed by atoms with Crippen molar-refractivity contribution in [2.45, 2.75) is 40.2 Å². The maximum atomic E-state index is 12.3. The predicted molar refractivity (Wildman–Crippen MR) is 70.4 cm³/mol. The van der Waals surface area contributed by atoms with Gasteiger partial charge in [0.25, 0.3) is 0 Å². The highest BCUT2D eigenvalue weighted by molar-refractivity contribution is 5.99. The molecule has 94 valence electrons. The number of aryl methyl sites for hydroxylation is 1. The second-order valence-corrected chi connectivity index (χ2v) is 4.53. The summed E-state index contributed by atoms with van der Waals surface area (Å²) in [4.78, 5) is 12.3.